The van der Waals surface area contributed by atoms with Crippen LogP contribution in [0.1, 0.15) is 55.9 Å². The van der Waals surface area contributed by atoms with Crippen LogP contribution in [0.5, 0.6) is 5.75 Å². The summed E-state index contributed by atoms with van der Waals surface area (Å²) in [7, 11) is 0. The predicted molar refractivity (Wildman–Crippen MR) is 95.6 cm³/mol. The van der Waals surface area contributed by atoms with Crippen molar-refractivity contribution in [3.63, 3.8) is 0 Å². The maximum Gasteiger partial charge on any atom is 0.120 e. The lowest BCUT2D eigenvalue weighted by molar-refractivity contribution is 0.157. The van der Waals surface area contributed by atoms with E-state index in [1.165, 1.54) is 0 Å². The molecule has 0 spiro atoms. The number of aliphatic hydroxyl groups is 1. The summed E-state index contributed by atoms with van der Waals surface area (Å²) in [5.74, 6) is 1.48. The van der Waals surface area contributed by atoms with Crippen molar-refractivity contribution >= 4 is 0 Å². The molecule has 0 heterocycles. The molecule has 0 aliphatic rings. The van der Waals surface area contributed by atoms with E-state index in [-0.39, 0.29) is 0 Å². The molecule has 0 aromatic heterocycles. The molecule has 0 radical (unpaired) electrons. The third-order valence-corrected chi connectivity index (χ3v) is 4.34. The van der Waals surface area contributed by atoms with E-state index in [0.29, 0.717) is 12.5 Å². The molecule has 0 bridgehead atoms. The zero-order valence-electron chi connectivity index (χ0n) is 14.5. The van der Waals surface area contributed by atoms with Gasteiger partial charge in [-0.25, -0.2) is 0 Å². The quantitative estimate of drug-likeness (QED) is 0.704. The van der Waals surface area contributed by atoms with Crippen molar-refractivity contribution in [1.82, 2.24) is 0 Å². The van der Waals surface area contributed by atoms with E-state index in [0.717, 1.165) is 41.7 Å². The van der Waals surface area contributed by atoms with Crippen molar-refractivity contribution in [2.75, 3.05) is 0 Å². The molecule has 0 amide bonds. The van der Waals surface area contributed by atoms with Crippen LogP contribution in [0.25, 0.3) is 0 Å². The van der Waals surface area contributed by atoms with Crippen LogP contribution < -0.4 is 4.74 Å². The highest BCUT2D eigenvalue weighted by atomic mass is 16.5. The number of rotatable bonds is 8. The monoisotopic (exact) mass is 312 g/mol. The molecule has 23 heavy (non-hydrogen) atoms. The molecule has 2 aromatic rings. The maximum absolute atomic E-state index is 10.4. The molecule has 0 aliphatic heterocycles. The minimum absolute atomic E-state index is 0.414. The van der Waals surface area contributed by atoms with Crippen molar-refractivity contribution in [1.29, 1.82) is 0 Å². The fourth-order valence-corrected chi connectivity index (χ4v) is 2.61. The van der Waals surface area contributed by atoms with Crippen molar-refractivity contribution in [2.45, 2.75) is 52.7 Å². The van der Waals surface area contributed by atoms with Crippen molar-refractivity contribution in [3.8, 4) is 5.75 Å². The number of benzene rings is 2. The molecule has 0 aliphatic carbocycles. The molecular formula is C21H28O2. The molecule has 0 saturated heterocycles. The topological polar surface area (TPSA) is 29.5 Å². The second kappa shape index (κ2) is 8.73. The average molecular weight is 312 g/mol. The van der Waals surface area contributed by atoms with E-state index in [1.54, 1.807) is 0 Å². The third-order valence-electron chi connectivity index (χ3n) is 4.34. The van der Waals surface area contributed by atoms with Gasteiger partial charge in [0.05, 0.1) is 6.10 Å². The Balaban J connectivity index is 2.00. The molecule has 124 valence electrons. The van der Waals surface area contributed by atoms with Gasteiger partial charge in [-0.05, 0) is 54.5 Å². The summed E-state index contributed by atoms with van der Waals surface area (Å²) in [5, 5.41) is 10.4. The molecule has 2 heteroatoms. The summed E-state index contributed by atoms with van der Waals surface area (Å²) in [6.45, 7) is 7.02. The van der Waals surface area contributed by atoms with Crippen LogP contribution in [-0.2, 0) is 6.61 Å². The smallest absolute Gasteiger partial charge is 0.120 e. The van der Waals surface area contributed by atoms with Gasteiger partial charge in [0.2, 0.25) is 0 Å². The highest BCUT2D eigenvalue weighted by molar-refractivity contribution is 5.35. The van der Waals surface area contributed by atoms with Gasteiger partial charge in [0.15, 0.2) is 0 Å². The van der Waals surface area contributed by atoms with Gasteiger partial charge in [-0.15, -0.1) is 0 Å². The highest BCUT2D eigenvalue weighted by Gasteiger charge is 2.11. The number of aryl methyl sites for hydroxylation is 1. The van der Waals surface area contributed by atoms with E-state index in [4.69, 9.17) is 4.74 Å². The van der Waals surface area contributed by atoms with Gasteiger partial charge in [-0.3, -0.25) is 0 Å². The first-order valence-electron chi connectivity index (χ1n) is 8.55. The van der Waals surface area contributed by atoms with Crippen molar-refractivity contribution in [3.05, 3.63) is 65.2 Å². The standard InChI is InChI=1S/C21H28O2/c1-4-16(2)10-11-21(22)19-12-17(3)13-20(14-19)23-15-18-8-6-5-7-9-18/h5-9,12-14,16,21-22H,4,10-11,15H2,1-3H3. The number of ether oxygens (including phenoxy) is 1. The fraction of sp³-hybridized carbons (Fsp3) is 0.429. The summed E-state index contributed by atoms with van der Waals surface area (Å²) in [4.78, 5) is 0. The lowest BCUT2D eigenvalue weighted by atomic mass is 9.96. The van der Waals surface area contributed by atoms with Crippen LogP contribution in [0.15, 0.2) is 48.5 Å². The molecular weight excluding hydrogens is 284 g/mol. The van der Waals surface area contributed by atoms with Gasteiger partial charge >= 0.3 is 0 Å². The molecule has 2 aromatic carbocycles. The second-order valence-corrected chi connectivity index (χ2v) is 6.46. The van der Waals surface area contributed by atoms with E-state index in [9.17, 15) is 5.11 Å². The number of hydrogen-bond acceptors (Lipinski definition) is 2. The van der Waals surface area contributed by atoms with Crippen molar-refractivity contribution < 1.29 is 9.84 Å². The van der Waals surface area contributed by atoms with Crippen LogP contribution >= 0.6 is 0 Å². The van der Waals surface area contributed by atoms with Crippen LogP contribution in [0.3, 0.4) is 0 Å². The van der Waals surface area contributed by atoms with Crippen LogP contribution in [-0.4, -0.2) is 5.11 Å². The third kappa shape index (κ3) is 5.72. The van der Waals surface area contributed by atoms with Crippen LogP contribution in [0, 0.1) is 12.8 Å². The lowest BCUT2D eigenvalue weighted by Gasteiger charge is -2.16. The largest absolute Gasteiger partial charge is 0.489 e. The zero-order valence-corrected chi connectivity index (χ0v) is 14.5. The number of aliphatic hydroxyl groups excluding tert-OH is 1. The summed E-state index contributed by atoms with van der Waals surface area (Å²) in [5.41, 5.74) is 3.22. The normalized spacial score (nSPS) is 13.6. The summed E-state index contributed by atoms with van der Waals surface area (Å²) < 4.78 is 5.90. The Labute approximate surface area is 140 Å². The van der Waals surface area contributed by atoms with Crippen molar-refractivity contribution in [2.24, 2.45) is 5.92 Å². The molecule has 2 unspecified atom stereocenters. The predicted octanol–water partition coefficient (Wildman–Crippen LogP) is 5.43. The first kappa shape index (κ1) is 17.6. The Morgan fingerprint density at radius 3 is 2.48 bits per heavy atom. The SMILES string of the molecule is CCC(C)CCC(O)c1cc(C)cc(OCc2ccccc2)c1. The maximum atomic E-state index is 10.4. The van der Waals surface area contributed by atoms with Crippen LogP contribution in [0.4, 0.5) is 0 Å². The minimum atomic E-state index is -0.414. The minimum Gasteiger partial charge on any atom is -0.489 e. The van der Waals surface area contributed by atoms with Gasteiger partial charge in [-0.1, -0.05) is 56.7 Å². The van der Waals surface area contributed by atoms with Crippen LogP contribution in [0.2, 0.25) is 0 Å². The van der Waals surface area contributed by atoms with E-state index >= 15 is 0 Å². The van der Waals surface area contributed by atoms with Gasteiger partial charge in [0.1, 0.15) is 12.4 Å². The molecule has 2 rings (SSSR count). The molecule has 0 fully saturated rings. The Hall–Kier alpha value is -1.80. The van der Waals surface area contributed by atoms with Gasteiger partial charge in [-0.2, -0.15) is 0 Å². The van der Waals surface area contributed by atoms with Gasteiger partial charge < -0.3 is 9.84 Å². The zero-order chi connectivity index (χ0) is 16.7. The summed E-state index contributed by atoms with van der Waals surface area (Å²) in [6, 6.07) is 16.2. The molecule has 2 atom stereocenters. The van der Waals surface area contributed by atoms with E-state index in [1.807, 2.05) is 37.3 Å². The van der Waals surface area contributed by atoms with E-state index < -0.39 is 6.10 Å². The average Bonchev–Trinajstić information content (AvgIpc) is 2.58. The van der Waals surface area contributed by atoms with Gasteiger partial charge in [0, 0.05) is 0 Å². The van der Waals surface area contributed by atoms with Gasteiger partial charge in [0.25, 0.3) is 0 Å². The lowest BCUT2D eigenvalue weighted by Crippen LogP contribution is -2.03. The second-order valence-electron chi connectivity index (χ2n) is 6.46. The Morgan fingerprint density at radius 1 is 1.04 bits per heavy atom. The first-order valence-corrected chi connectivity index (χ1v) is 8.55. The van der Waals surface area contributed by atoms with E-state index in [2.05, 4.69) is 32.0 Å². The Kier molecular flexibility index (Phi) is 6.66. The Morgan fingerprint density at radius 2 is 1.78 bits per heavy atom. The number of hydrogen-bond donors (Lipinski definition) is 1. The Bertz CT molecular complexity index is 592. The fourth-order valence-electron chi connectivity index (χ4n) is 2.61. The molecule has 2 nitrogen and oxygen atoms in total. The molecule has 0 saturated carbocycles. The summed E-state index contributed by atoms with van der Waals surface area (Å²) >= 11 is 0. The summed E-state index contributed by atoms with van der Waals surface area (Å²) in [6.07, 6.45) is 2.59. The first-order chi connectivity index (χ1) is 11.1. The highest BCUT2D eigenvalue weighted by Crippen LogP contribution is 2.27. The molecule has 1 N–H and O–H groups in total.